The molecule has 1 fully saturated rings. The molecular weight excluding hydrogens is 272 g/mol. The van der Waals surface area contributed by atoms with Crippen LogP contribution < -0.4 is 10.6 Å². The molecule has 2 atom stereocenters. The van der Waals surface area contributed by atoms with Gasteiger partial charge < -0.3 is 19.8 Å². The van der Waals surface area contributed by atoms with Crippen molar-refractivity contribution in [1.82, 2.24) is 20.4 Å². The molecule has 0 aliphatic carbocycles. The lowest BCUT2D eigenvalue weighted by molar-refractivity contribution is 0.0998. The fourth-order valence-corrected chi connectivity index (χ4v) is 2.45. The minimum absolute atomic E-state index is 0.0502. The zero-order valence-electron chi connectivity index (χ0n) is 11.8. The first-order valence-electron chi connectivity index (χ1n) is 6.89. The van der Waals surface area contributed by atoms with Crippen LogP contribution in [0.3, 0.4) is 0 Å². The Labute approximate surface area is 122 Å². The van der Waals surface area contributed by atoms with Crippen molar-refractivity contribution in [1.29, 1.82) is 0 Å². The molecule has 7 heteroatoms. The monoisotopic (exact) mass is 290 g/mol. The third-order valence-corrected chi connectivity index (χ3v) is 3.46. The van der Waals surface area contributed by atoms with Gasteiger partial charge in [-0.15, -0.1) is 0 Å². The predicted octanol–water partition coefficient (Wildman–Crippen LogP) is 1.34. The normalized spacial score (nSPS) is 21.4. The summed E-state index contributed by atoms with van der Waals surface area (Å²) in [5.41, 5.74) is 0.978. The van der Waals surface area contributed by atoms with Gasteiger partial charge in [-0.3, -0.25) is 4.68 Å². The van der Waals surface area contributed by atoms with Crippen LogP contribution in [0.1, 0.15) is 23.8 Å². The minimum atomic E-state index is -0.226. The molecule has 0 aromatic carbocycles. The number of carbonyl (C=O) groups is 1. The Morgan fingerprint density at radius 1 is 1.57 bits per heavy atom. The second kappa shape index (κ2) is 6.01. The summed E-state index contributed by atoms with van der Waals surface area (Å²) < 4.78 is 12.6. The summed E-state index contributed by atoms with van der Waals surface area (Å²) in [6.07, 6.45) is 5.90. The van der Waals surface area contributed by atoms with Crippen molar-refractivity contribution in [2.75, 3.05) is 6.61 Å². The van der Waals surface area contributed by atoms with E-state index in [1.165, 1.54) is 0 Å². The second-order valence-corrected chi connectivity index (χ2v) is 5.04. The van der Waals surface area contributed by atoms with Gasteiger partial charge in [0.15, 0.2) is 0 Å². The lowest BCUT2D eigenvalue weighted by Gasteiger charge is -2.18. The molecule has 3 heterocycles. The zero-order valence-corrected chi connectivity index (χ0v) is 11.8. The molecule has 1 saturated heterocycles. The van der Waals surface area contributed by atoms with Crippen LogP contribution in [0.4, 0.5) is 4.79 Å². The van der Waals surface area contributed by atoms with Crippen molar-refractivity contribution >= 4 is 6.03 Å². The largest absolute Gasteiger partial charge is 0.467 e. The van der Waals surface area contributed by atoms with Gasteiger partial charge >= 0.3 is 6.03 Å². The Morgan fingerprint density at radius 2 is 2.48 bits per heavy atom. The van der Waals surface area contributed by atoms with Gasteiger partial charge in [-0.1, -0.05) is 0 Å². The number of nitrogens with zero attached hydrogens (tertiary/aromatic N) is 2. The number of aryl methyl sites for hydroxylation is 1. The van der Waals surface area contributed by atoms with E-state index >= 15 is 0 Å². The standard InChI is InChI=1S/C14H18N4O3/c1-18-9-10(7-16-18)13-12(4-6-21-13)17-14(19)15-8-11-3-2-5-20-11/h2-3,5,7,9,12-13H,4,6,8H2,1H3,(H2,15,17,19)/t12-,13+/m0/s1. The van der Waals surface area contributed by atoms with Crippen LogP contribution in [0, 0.1) is 0 Å². The fraction of sp³-hybridized carbons (Fsp3) is 0.429. The molecule has 1 aliphatic heterocycles. The average Bonchev–Trinajstić information content (AvgIpc) is 3.17. The van der Waals surface area contributed by atoms with Gasteiger partial charge in [0, 0.05) is 25.4 Å². The van der Waals surface area contributed by atoms with E-state index in [0.717, 1.165) is 17.7 Å². The lowest BCUT2D eigenvalue weighted by Crippen LogP contribution is -2.42. The van der Waals surface area contributed by atoms with Gasteiger partial charge in [0.05, 0.1) is 25.0 Å². The number of rotatable bonds is 4. The smallest absolute Gasteiger partial charge is 0.315 e. The molecular formula is C14H18N4O3. The summed E-state index contributed by atoms with van der Waals surface area (Å²) in [6, 6.07) is 3.33. The van der Waals surface area contributed by atoms with E-state index in [1.807, 2.05) is 19.3 Å². The highest BCUT2D eigenvalue weighted by atomic mass is 16.5. The Kier molecular flexibility index (Phi) is 3.92. The van der Waals surface area contributed by atoms with Gasteiger partial charge in [0.1, 0.15) is 11.9 Å². The molecule has 0 saturated carbocycles. The Bertz CT molecular complexity index is 593. The summed E-state index contributed by atoms with van der Waals surface area (Å²) in [7, 11) is 1.86. The molecule has 0 unspecified atom stereocenters. The molecule has 0 spiro atoms. The number of aromatic nitrogens is 2. The minimum Gasteiger partial charge on any atom is -0.467 e. The van der Waals surface area contributed by atoms with E-state index < -0.39 is 0 Å². The quantitative estimate of drug-likeness (QED) is 0.890. The lowest BCUT2D eigenvalue weighted by atomic mass is 10.1. The van der Waals surface area contributed by atoms with Gasteiger partial charge in [0.25, 0.3) is 0 Å². The number of hydrogen-bond acceptors (Lipinski definition) is 4. The number of furan rings is 1. The van der Waals surface area contributed by atoms with Gasteiger partial charge in [-0.25, -0.2) is 4.79 Å². The molecule has 2 amide bonds. The Morgan fingerprint density at radius 3 is 3.19 bits per heavy atom. The van der Waals surface area contributed by atoms with E-state index in [2.05, 4.69) is 15.7 Å². The van der Waals surface area contributed by atoms with Crippen molar-refractivity contribution in [3.63, 3.8) is 0 Å². The van der Waals surface area contributed by atoms with Gasteiger partial charge in [0.2, 0.25) is 0 Å². The molecule has 3 rings (SSSR count). The number of amides is 2. The van der Waals surface area contributed by atoms with Crippen molar-refractivity contribution in [3.8, 4) is 0 Å². The van der Waals surface area contributed by atoms with Crippen LogP contribution >= 0.6 is 0 Å². The number of ether oxygens (including phenoxy) is 1. The van der Waals surface area contributed by atoms with Crippen molar-refractivity contribution in [2.24, 2.45) is 7.05 Å². The van der Waals surface area contributed by atoms with E-state index in [4.69, 9.17) is 9.15 Å². The highest BCUT2D eigenvalue weighted by Crippen LogP contribution is 2.28. The molecule has 21 heavy (non-hydrogen) atoms. The first-order valence-corrected chi connectivity index (χ1v) is 6.89. The second-order valence-electron chi connectivity index (χ2n) is 5.04. The summed E-state index contributed by atoms with van der Waals surface area (Å²) in [4.78, 5) is 11.9. The summed E-state index contributed by atoms with van der Waals surface area (Å²) >= 11 is 0. The third-order valence-electron chi connectivity index (χ3n) is 3.46. The fourth-order valence-electron chi connectivity index (χ4n) is 2.45. The molecule has 1 aliphatic rings. The first kappa shape index (κ1) is 13.7. The summed E-state index contributed by atoms with van der Waals surface area (Å²) in [5.74, 6) is 0.719. The average molecular weight is 290 g/mol. The molecule has 7 nitrogen and oxygen atoms in total. The van der Waals surface area contributed by atoms with Crippen LogP contribution in [-0.2, 0) is 18.3 Å². The maximum Gasteiger partial charge on any atom is 0.315 e. The molecule has 112 valence electrons. The van der Waals surface area contributed by atoms with Crippen molar-refractivity contribution < 1.29 is 13.9 Å². The molecule has 2 N–H and O–H groups in total. The van der Waals surface area contributed by atoms with E-state index in [9.17, 15) is 4.79 Å². The summed E-state index contributed by atoms with van der Waals surface area (Å²) in [5, 5.41) is 9.86. The molecule has 0 bridgehead atoms. The highest BCUT2D eigenvalue weighted by Gasteiger charge is 2.31. The topological polar surface area (TPSA) is 81.3 Å². The third kappa shape index (κ3) is 3.25. The predicted molar refractivity (Wildman–Crippen MR) is 74.4 cm³/mol. The number of urea groups is 1. The number of carbonyl (C=O) groups excluding carboxylic acids is 1. The maximum absolute atomic E-state index is 11.9. The van der Waals surface area contributed by atoms with Crippen LogP contribution in [0.2, 0.25) is 0 Å². The van der Waals surface area contributed by atoms with Crippen LogP contribution in [0.25, 0.3) is 0 Å². The molecule has 2 aromatic rings. The zero-order chi connectivity index (χ0) is 14.7. The molecule has 0 radical (unpaired) electrons. The Hall–Kier alpha value is -2.28. The number of nitrogens with one attached hydrogen (secondary N) is 2. The van der Waals surface area contributed by atoms with Crippen molar-refractivity contribution in [2.45, 2.75) is 25.1 Å². The van der Waals surface area contributed by atoms with Crippen molar-refractivity contribution in [3.05, 3.63) is 42.1 Å². The van der Waals surface area contributed by atoms with E-state index in [0.29, 0.717) is 13.2 Å². The number of hydrogen-bond donors (Lipinski definition) is 2. The van der Waals surface area contributed by atoms with Crippen LogP contribution in [0.5, 0.6) is 0 Å². The Balaban J connectivity index is 1.54. The van der Waals surface area contributed by atoms with Gasteiger partial charge in [-0.05, 0) is 18.6 Å². The highest BCUT2D eigenvalue weighted by molar-refractivity contribution is 5.74. The summed E-state index contributed by atoms with van der Waals surface area (Å²) in [6.45, 7) is 0.993. The molecule has 2 aromatic heterocycles. The SMILES string of the molecule is Cn1cc([C@H]2OCC[C@@H]2NC(=O)NCc2ccco2)cn1. The van der Waals surface area contributed by atoms with Crippen LogP contribution in [-0.4, -0.2) is 28.5 Å². The first-order chi connectivity index (χ1) is 10.2. The van der Waals surface area contributed by atoms with E-state index in [-0.39, 0.29) is 18.2 Å². The van der Waals surface area contributed by atoms with Gasteiger partial charge in [-0.2, -0.15) is 5.10 Å². The maximum atomic E-state index is 11.9. The van der Waals surface area contributed by atoms with E-state index in [1.54, 1.807) is 23.2 Å². The van der Waals surface area contributed by atoms with Crippen LogP contribution in [0.15, 0.2) is 35.2 Å².